The van der Waals surface area contributed by atoms with Gasteiger partial charge in [-0.2, -0.15) is 0 Å². The van der Waals surface area contributed by atoms with Crippen LogP contribution in [-0.4, -0.2) is 51.1 Å². The second kappa shape index (κ2) is 11.9. The predicted octanol–water partition coefficient (Wildman–Crippen LogP) is 5.45. The third kappa shape index (κ3) is 5.97. The fraction of sp³-hybridized carbons (Fsp3) is 0.310. The third-order valence-electron chi connectivity index (χ3n) is 6.74. The minimum absolute atomic E-state index is 0.0752. The van der Waals surface area contributed by atoms with Crippen molar-refractivity contribution in [1.29, 1.82) is 0 Å². The van der Waals surface area contributed by atoms with Gasteiger partial charge in [0, 0.05) is 63.2 Å². The molecule has 1 fully saturated rings. The summed E-state index contributed by atoms with van der Waals surface area (Å²) in [5.41, 5.74) is 2.83. The van der Waals surface area contributed by atoms with E-state index in [2.05, 4.69) is 0 Å². The number of methoxy groups -OCH3 is 1. The van der Waals surface area contributed by atoms with Crippen LogP contribution in [0.25, 0.3) is 0 Å². The lowest BCUT2D eigenvalue weighted by Gasteiger charge is -2.32. The smallest absolute Gasteiger partial charge is 0.229 e. The van der Waals surface area contributed by atoms with E-state index in [0.29, 0.717) is 30.3 Å². The van der Waals surface area contributed by atoms with Crippen molar-refractivity contribution in [1.82, 2.24) is 4.90 Å². The molecule has 6 nitrogen and oxygen atoms in total. The maximum Gasteiger partial charge on any atom is 0.229 e. The van der Waals surface area contributed by atoms with Gasteiger partial charge >= 0.3 is 0 Å². The standard InChI is InChI=1S/C29H30ClF2N3O3/c1-33(2)22-10-4-19(5-11-22)18-34(14-15-38-3)29(37)24-17-27(36)35(23-12-13-25(31)26(32)16-23)28(24)20-6-8-21(30)9-7-20/h4-13,16,24,28H,14-15,17-18H2,1-3H3/t24-,28+/m0/s1. The van der Waals surface area contributed by atoms with Crippen molar-refractivity contribution in [3.8, 4) is 0 Å². The van der Waals surface area contributed by atoms with E-state index in [1.165, 1.54) is 11.0 Å². The van der Waals surface area contributed by atoms with Gasteiger partial charge in [0.1, 0.15) is 0 Å². The lowest BCUT2D eigenvalue weighted by Crippen LogP contribution is -2.40. The van der Waals surface area contributed by atoms with Crippen molar-refractivity contribution >= 4 is 34.8 Å². The van der Waals surface area contributed by atoms with Crippen molar-refractivity contribution in [3.05, 3.63) is 94.5 Å². The van der Waals surface area contributed by atoms with Crippen LogP contribution in [0.4, 0.5) is 20.2 Å². The summed E-state index contributed by atoms with van der Waals surface area (Å²) in [5, 5.41) is 0.503. The molecule has 0 radical (unpaired) electrons. The topological polar surface area (TPSA) is 53.1 Å². The Morgan fingerprint density at radius 2 is 1.71 bits per heavy atom. The van der Waals surface area contributed by atoms with E-state index in [4.69, 9.17) is 16.3 Å². The molecule has 0 unspecified atom stereocenters. The number of benzene rings is 3. The summed E-state index contributed by atoms with van der Waals surface area (Å²) in [6.07, 6.45) is -0.0752. The summed E-state index contributed by atoms with van der Waals surface area (Å²) in [6, 6.07) is 17.3. The first-order valence-corrected chi connectivity index (χ1v) is 12.6. The highest BCUT2D eigenvalue weighted by Gasteiger charge is 2.46. The summed E-state index contributed by atoms with van der Waals surface area (Å²) >= 11 is 6.10. The molecule has 3 aromatic rings. The van der Waals surface area contributed by atoms with Crippen LogP contribution in [0.5, 0.6) is 0 Å². The third-order valence-corrected chi connectivity index (χ3v) is 6.99. The Labute approximate surface area is 226 Å². The normalized spacial score (nSPS) is 17.1. The van der Waals surface area contributed by atoms with Crippen LogP contribution < -0.4 is 9.80 Å². The van der Waals surface area contributed by atoms with Gasteiger partial charge in [0.2, 0.25) is 11.8 Å². The van der Waals surface area contributed by atoms with Gasteiger partial charge in [0.05, 0.1) is 18.6 Å². The van der Waals surface area contributed by atoms with E-state index in [9.17, 15) is 18.4 Å². The van der Waals surface area contributed by atoms with Gasteiger partial charge in [-0.3, -0.25) is 9.59 Å². The van der Waals surface area contributed by atoms with Gasteiger partial charge in [-0.05, 0) is 47.5 Å². The summed E-state index contributed by atoms with van der Waals surface area (Å²) in [5.74, 6) is -3.41. The summed E-state index contributed by atoms with van der Waals surface area (Å²) < 4.78 is 33.1. The SMILES string of the molecule is COCCN(Cc1ccc(N(C)C)cc1)C(=O)[C@H]1CC(=O)N(c2ccc(F)c(F)c2)[C@@H]1c1ccc(Cl)cc1. The number of amides is 2. The molecule has 2 amide bonds. The maximum atomic E-state index is 14.2. The van der Waals surface area contributed by atoms with Crippen molar-refractivity contribution in [2.24, 2.45) is 5.92 Å². The maximum absolute atomic E-state index is 14.2. The van der Waals surface area contributed by atoms with Gasteiger partial charge in [0.25, 0.3) is 0 Å². The summed E-state index contributed by atoms with van der Waals surface area (Å²) in [4.78, 5) is 32.4. The Hall–Kier alpha value is -3.49. The van der Waals surface area contributed by atoms with Crippen LogP contribution in [0.2, 0.25) is 5.02 Å². The minimum atomic E-state index is -1.07. The van der Waals surface area contributed by atoms with Crippen LogP contribution in [0.15, 0.2) is 66.7 Å². The van der Waals surface area contributed by atoms with Gasteiger partial charge in [-0.15, -0.1) is 0 Å². The molecule has 0 N–H and O–H groups in total. The number of ether oxygens (including phenoxy) is 1. The Bertz CT molecular complexity index is 1290. The average molecular weight is 542 g/mol. The van der Waals surface area contributed by atoms with Crippen molar-refractivity contribution in [3.63, 3.8) is 0 Å². The van der Waals surface area contributed by atoms with Crippen LogP contribution in [0, 0.1) is 17.6 Å². The number of rotatable bonds is 9. The Morgan fingerprint density at radius 1 is 1.03 bits per heavy atom. The number of carbonyl (C=O) groups is 2. The molecule has 0 aliphatic carbocycles. The monoisotopic (exact) mass is 541 g/mol. The zero-order valence-corrected chi connectivity index (χ0v) is 22.3. The zero-order valence-electron chi connectivity index (χ0n) is 21.5. The minimum Gasteiger partial charge on any atom is -0.383 e. The molecule has 0 bridgehead atoms. The van der Waals surface area contributed by atoms with E-state index in [0.717, 1.165) is 23.4 Å². The molecule has 1 aliphatic heterocycles. The molecule has 200 valence electrons. The molecule has 0 saturated carbocycles. The lowest BCUT2D eigenvalue weighted by atomic mass is 9.91. The first-order valence-electron chi connectivity index (χ1n) is 12.3. The predicted molar refractivity (Wildman–Crippen MR) is 144 cm³/mol. The second-order valence-electron chi connectivity index (χ2n) is 9.48. The molecule has 0 aromatic heterocycles. The van der Waals surface area contributed by atoms with Crippen LogP contribution in [0.1, 0.15) is 23.6 Å². The molecule has 38 heavy (non-hydrogen) atoms. The number of anilines is 2. The molecule has 2 atom stereocenters. The second-order valence-corrected chi connectivity index (χ2v) is 9.92. The number of carbonyl (C=O) groups excluding carboxylic acids is 2. The van der Waals surface area contributed by atoms with E-state index in [1.807, 2.05) is 43.3 Å². The van der Waals surface area contributed by atoms with E-state index >= 15 is 0 Å². The van der Waals surface area contributed by atoms with E-state index < -0.39 is 23.6 Å². The molecule has 1 heterocycles. The average Bonchev–Trinajstić information content (AvgIpc) is 3.25. The Balaban J connectivity index is 1.70. The number of halogens is 3. The largest absolute Gasteiger partial charge is 0.383 e. The van der Waals surface area contributed by atoms with Gasteiger partial charge in [-0.25, -0.2) is 8.78 Å². The number of hydrogen-bond acceptors (Lipinski definition) is 4. The highest BCUT2D eigenvalue weighted by atomic mass is 35.5. The van der Waals surface area contributed by atoms with Crippen LogP contribution >= 0.6 is 11.6 Å². The Kier molecular flexibility index (Phi) is 8.64. The summed E-state index contributed by atoms with van der Waals surface area (Å²) in [6.45, 7) is 0.980. The van der Waals surface area contributed by atoms with Crippen molar-refractivity contribution in [2.45, 2.75) is 19.0 Å². The molecular formula is C29H30ClF2N3O3. The van der Waals surface area contributed by atoms with E-state index in [-0.39, 0.29) is 23.9 Å². The quantitative estimate of drug-likeness (QED) is 0.361. The molecular weight excluding hydrogens is 512 g/mol. The lowest BCUT2D eigenvalue weighted by molar-refractivity contribution is -0.137. The van der Waals surface area contributed by atoms with E-state index in [1.54, 1.807) is 36.3 Å². The first-order chi connectivity index (χ1) is 18.2. The summed E-state index contributed by atoms with van der Waals surface area (Å²) in [7, 11) is 5.47. The molecule has 0 spiro atoms. The van der Waals surface area contributed by atoms with Gasteiger partial charge in [0.15, 0.2) is 11.6 Å². The zero-order chi connectivity index (χ0) is 27.4. The fourth-order valence-electron chi connectivity index (χ4n) is 4.76. The van der Waals surface area contributed by atoms with Crippen molar-refractivity contribution < 1.29 is 23.1 Å². The molecule has 1 saturated heterocycles. The highest BCUT2D eigenvalue weighted by Crippen LogP contribution is 2.43. The van der Waals surface area contributed by atoms with Gasteiger partial charge in [-0.1, -0.05) is 35.9 Å². The molecule has 9 heteroatoms. The molecule has 1 aliphatic rings. The van der Waals surface area contributed by atoms with Crippen molar-refractivity contribution in [2.75, 3.05) is 44.2 Å². The van der Waals surface area contributed by atoms with Crippen LogP contribution in [-0.2, 0) is 20.9 Å². The fourth-order valence-corrected chi connectivity index (χ4v) is 4.89. The molecule has 4 rings (SSSR count). The van der Waals surface area contributed by atoms with Crippen LogP contribution in [0.3, 0.4) is 0 Å². The van der Waals surface area contributed by atoms with Gasteiger partial charge < -0.3 is 19.4 Å². The first kappa shape index (κ1) is 27.5. The molecule has 3 aromatic carbocycles. The number of nitrogens with zero attached hydrogens (tertiary/aromatic N) is 3. The Morgan fingerprint density at radius 3 is 2.32 bits per heavy atom. The highest BCUT2D eigenvalue weighted by molar-refractivity contribution is 6.30. The number of hydrogen-bond donors (Lipinski definition) is 0.